The fraction of sp³-hybridized carbons (Fsp3) is 0.909. The van der Waals surface area contributed by atoms with E-state index in [-0.39, 0.29) is 11.6 Å². The summed E-state index contributed by atoms with van der Waals surface area (Å²) >= 11 is 0. The van der Waals surface area contributed by atoms with Crippen LogP contribution in [0.4, 0.5) is 4.79 Å². The lowest BCUT2D eigenvalue weighted by atomic mass is 9.92. The van der Waals surface area contributed by atoms with E-state index in [9.17, 15) is 4.79 Å². The van der Waals surface area contributed by atoms with Gasteiger partial charge in [0.15, 0.2) is 0 Å². The minimum Gasteiger partial charge on any atom is -0.465 e. The van der Waals surface area contributed by atoms with E-state index in [0.29, 0.717) is 12.5 Å². The Labute approximate surface area is 91.4 Å². The monoisotopic (exact) mass is 214 g/mol. The Balaban J connectivity index is 2.50. The Hall–Kier alpha value is -0.770. The Morgan fingerprint density at radius 2 is 2.27 bits per heavy atom. The van der Waals surface area contributed by atoms with Gasteiger partial charge in [-0.1, -0.05) is 0 Å². The zero-order valence-electron chi connectivity index (χ0n) is 9.86. The molecule has 1 aliphatic rings. The predicted molar refractivity (Wildman–Crippen MR) is 59.8 cm³/mol. The molecule has 0 spiro atoms. The molecule has 2 unspecified atom stereocenters. The molecule has 1 aliphatic heterocycles. The van der Waals surface area contributed by atoms with Crippen molar-refractivity contribution < 1.29 is 9.90 Å². The van der Waals surface area contributed by atoms with Gasteiger partial charge in [0, 0.05) is 18.1 Å². The van der Waals surface area contributed by atoms with Gasteiger partial charge in [-0.15, -0.1) is 0 Å². The number of amides is 1. The highest BCUT2D eigenvalue weighted by Gasteiger charge is 2.40. The molecule has 1 amide bonds. The molecule has 0 aliphatic carbocycles. The first-order chi connectivity index (χ1) is 6.83. The lowest BCUT2D eigenvalue weighted by molar-refractivity contribution is 0.117. The number of carbonyl (C=O) groups is 1. The molecule has 0 aromatic rings. The Kier molecular flexibility index (Phi) is 3.60. The van der Waals surface area contributed by atoms with Crippen LogP contribution in [0.3, 0.4) is 0 Å². The third kappa shape index (κ3) is 3.09. The number of nitrogens with zero attached hydrogens (tertiary/aromatic N) is 1. The average Bonchev–Trinajstić information content (AvgIpc) is 2.37. The topological polar surface area (TPSA) is 66.6 Å². The summed E-state index contributed by atoms with van der Waals surface area (Å²) in [5.74, 6) is 0.474. The second kappa shape index (κ2) is 4.39. The molecule has 88 valence electrons. The number of rotatable bonds is 3. The largest absolute Gasteiger partial charge is 0.465 e. The summed E-state index contributed by atoms with van der Waals surface area (Å²) < 4.78 is 0. The van der Waals surface area contributed by atoms with Gasteiger partial charge in [0.2, 0.25) is 0 Å². The van der Waals surface area contributed by atoms with E-state index in [2.05, 4.69) is 0 Å². The molecule has 0 radical (unpaired) electrons. The molecule has 0 aromatic heterocycles. The maximum atomic E-state index is 11.0. The third-order valence-electron chi connectivity index (χ3n) is 3.22. The number of carboxylic acid groups (broad SMARTS) is 1. The van der Waals surface area contributed by atoms with Crippen LogP contribution in [-0.4, -0.2) is 34.2 Å². The quantitative estimate of drug-likeness (QED) is 0.754. The van der Waals surface area contributed by atoms with E-state index in [4.69, 9.17) is 10.8 Å². The highest BCUT2D eigenvalue weighted by atomic mass is 16.4. The van der Waals surface area contributed by atoms with Crippen molar-refractivity contribution in [3.63, 3.8) is 0 Å². The van der Waals surface area contributed by atoms with Crippen LogP contribution in [0.1, 0.15) is 40.0 Å². The Bertz CT molecular complexity index is 239. The van der Waals surface area contributed by atoms with Crippen LogP contribution < -0.4 is 5.73 Å². The summed E-state index contributed by atoms with van der Waals surface area (Å²) in [5.41, 5.74) is 5.49. The van der Waals surface area contributed by atoms with Gasteiger partial charge in [-0.3, -0.25) is 0 Å². The Morgan fingerprint density at radius 1 is 1.67 bits per heavy atom. The van der Waals surface area contributed by atoms with Gasteiger partial charge in [-0.05, 0) is 46.0 Å². The minimum absolute atomic E-state index is 0.214. The van der Waals surface area contributed by atoms with Gasteiger partial charge in [0.05, 0.1) is 0 Å². The van der Waals surface area contributed by atoms with Crippen molar-refractivity contribution in [2.45, 2.75) is 51.6 Å². The van der Waals surface area contributed by atoms with E-state index in [1.165, 1.54) is 0 Å². The second-order valence-electron chi connectivity index (χ2n) is 5.33. The molecule has 3 N–H and O–H groups in total. The van der Waals surface area contributed by atoms with Crippen molar-refractivity contribution >= 4 is 6.09 Å². The van der Waals surface area contributed by atoms with Crippen LogP contribution in [0.2, 0.25) is 0 Å². The molecule has 0 saturated carbocycles. The van der Waals surface area contributed by atoms with Crippen molar-refractivity contribution in [1.82, 2.24) is 4.90 Å². The van der Waals surface area contributed by atoms with Crippen LogP contribution >= 0.6 is 0 Å². The van der Waals surface area contributed by atoms with Crippen molar-refractivity contribution in [2.75, 3.05) is 6.54 Å². The highest BCUT2D eigenvalue weighted by molar-refractivity contribution is 5.66. The van der Waals surface area contributed by atoms with Crippen molar-refractivity contribution in [3.8, 4) is 0 Å². The maximum Gasteiger partial charge on any atom is 0.407 e. The van der Waals surface area contributed by atoms with Crippen LogP contribution in [-0.2, 0) is 0 Å². The zero-order valence-corrected chi connectivity index (χ0v) is 9.86. The lowest BCUT2D eigenvalue weighted by Gasteiger charge is -2.28. The summed E-state index contributed by atoms with van der Waals surface area (Å²) in [6, 6.07) is 0.215. The lowest BCUT2D eigenvalue weighted by Crippen LogP contribution is -2.41. The smallest absolute Gasteiger partial charge is 0.407 e. The molecular weight excluding hydrogens is 192 g/mol. The fourth-order valence-corrected chi connectivity index (χ4v) is 2.42. The van der Waals surface area contributed by atoms with Gasteiger partial charge in [-0.2, -0.15) is 0 Å². The molecule has 15 heavy (non-hydrogen) atoms. The van der Waals surface area contributed by atoms with Crippen LogP contribution in [0.15, 0.2) is 0 Å². The van der Waals surface area contributed by atoms with Crippen molar-refractivity contribution in [3.05, 3.63) is 0 Å². The third-order valence-corrected chi connectivity index (χ3v) is 3.22. The maximum absolute atomic E-state index is 11.0. The van der Waals surface area contributed by atoms with Crippen LogP contribution in [0.5, 0.6) is 0 Å². The van der Waals surface area contributed by atoms with Gasteiger partial charge in [0.1, 0.15) is 0 Å². The summed E-state index contributed by atoms with van der Waals surface area (Å²) in [6.45, 7) is 6.64. The fourth-order valence-electron chi connectivity index (χ4n) is 2.42. The molecule has 0 bridgehead atoms. The van der Waals surface area contributed by atoms with E-state index >= 15 is 0 Å². The van der Waals surface area contributed by atoms with Gasteiger partial charge in [-0.25, -0.2) is 4.79 Å². The minimum atomic E-state index is -0.803. The highest BCUT2D eigenvalue weighted by Crippen LogP contribution is 2.34. The van der Waals surface area contributed by atoms with Crippen LogP contribution in [0, 0.1) is 5.92 Å². The van der Waals surface area contributed by atoms with Gasteiger partial charge < -0.3 is 15.7 Å². The standard InChI is InChI=1S/C11H22N2O2/c1-8(12)4-5-9-6-11(2,3)13(7-9)10(14)15/h8-9H,4-7,12H2,1-3H3,(H,14,15). The zero-order chi connectivity index (χ0) is 11.6. The molecule has 0 aromatic carbocycles. The average molecular weight is 214 g/mol. The molecule has 4 heteroatoms. The summed E-state index contributed by atoms with van der Waals surface area (Å²) in [6.07, 6.45) is 2.16. The normalized spacial score (nSPS) is 26.7. The number of hydrogen-bond acceptors (Lipinski definition) is 2. The molecule has 1 heterocycles. The van der Waals surface area contributed by atoms with Crippen LogP contribution in [0.25, 0.3) is 0 Å². The molecule has 4 nitrogen and oxygen atoms in total. The summed E-state index contributed by atoms with van der Waals surface area (Å²) in [7, 11) is 0. The molecule has 2 atom stereocenters. The summed E-state index contributed by atoms with van der Waals surface area (Å²) in [5, 5.41) is 9.05. The van der Waals surface area contributed by atoms with E-state index in [1.807, 2.05) is 20.8 Å². The van der Waals surface area contributed by atoms with E-state index in [0.717, 1.165) is 19.3 Å². The number of hydrogen-bond donors (Lipinski definition) is 2. The van der Waals surface area contributed by atoms with E-state index < -0.39 is 6.09 Å². The molecular formula is C11H22N2O2. The Morgan fingerprint density at radius 3 is 2.67 bits per heavy atom. The van der Waals surface area contributed by atoms with Gasteiger partial charge in [0.25, 0.3) is 0 Å². The first-order valence-electron chi connectivity index (χ1n) is 5.59. The van der Waals surface area contributed by atoms with Crippen molar-refractivity contribution in [2.24, 2.45) is 11.7 Å². The van der Waals surface area contributed by atoms with Crippen molar-refractivity contribution in [1.29, 1.82) is 0 Å². The molecule has 1 fully saturated rings. The SMILES string of the molecule is CC(N)CCC1CN(C(=O)O)C(C)(C)C1. The second-order valence-corrected chi connectivity index (χ2v) is 5.33. The molecule has 1 rings (SSSR count). The van der Waals surface area contributed by atoms with Gasteiger partial charge >= 0.3 is 6.09 Å². The predicted octanol–water partition coefficient (Wildman–Crippen LogP) is 1.89. The summed E-state index contributed by atoms with van der Waals surface area (Å²) in [4.78, 5) is 12.6. The molecule has 1 saturated heterocycles. The number of nitrogens with two attached hydrogens (primary N) is 1. The first kappa shape index (κ1) is 12.3. The first-order valence-corrected chi connectivity index (χ1v) is 5.59. The number of likely N-dealkylation sites (tertiary alicyclic amines) is 1. The van der Waals surface area contributed by atoms with E-state index in [1.54, 1.807) is 4.90 Å².